The lowest BCUT2D eigenvalue weighted by molar-refractivity contribution is 0.101. The number of ether oxygens (including phenoxy) is 2. The first kappa shape index (κ1) is 14.1. The van der Waals surface area contributed by atoms with Crippen LogP contribution in [0.4, 0.5) is 5.69 Å². The van der Waals surface area contributed by atoms with E-state index in [1.54, 1.807) is 18.2 Å². The van der Waals surface area contributed by atoms with Crippen molar-refractivity contribution in [3.8, 4) is 11.5 Å². The van der Waals surface area contributed by atoms with Crippen molar-refractivity contribution in [2.75, 3.05) is 18.5 Å². The van der Waals surface area contributed by atoms with Crippen LogP contribution in [0.15, 0.2) is 22.7 Å². The number of nitrogens with zero attached hydrogens (tertiary/aromatic N) is 1. The van der Waals surface area contributed by atoms with E-state index in [2.05, 4.69) is 17.4 Å². The smallest absolute Gasteiger partial charge is 0.278 e. The summed E-state index contributed by atoms with van der Waals surface area (Å²) in [6, 6.07) is 5.35. The molecule has 0 bridgehead atoms. The van der Waals surface area contributed by atoms with E-state index >= 15 is 0 Å². The summed E-state index contributed by atoms with van der Waals surface area (Å²) < 4.78 is 16.3. The maximum absolute atomic E-state index is 12.5. The van der Waals surface area contributed by atoms with Gasteiger partial charge in [0.15, 0.2) is 17.2 Å². The van der Waals surface area contributed by atoms with Gasteiger partial charge in [-0.15, -0.1) is 0 Å². The third-order valence-electron chi connectivity index (χ3n) is 4.30. The highest BCUT2D eigenvalue weighted by Crippen LogP contribution is 2.33. The van der Waals surface area contributed by atoms with E-state index in [9.17, 15) is 4.79 Å². The fraction of sp³-hybridized carbons (Fsp3) is 0.412. The molecular weight excluding hydrogens is 296 g/mol. The summed E-state index contributed by atoms with van der Waals surface area (Å²) in [5.41, 5.74) is 1.99. The van der Waals surface area contributed by atoms with E-state index in [0.717, 1.165) is 30.6 Å². The topological polar surface area (TPSA) is 73.6 Å². The van der Waals surface area contributed by atoms with Gasteiger partial charge in [0, 0.05) is 23.7 Å². The molecule has 1 aromatic heterocycles. The van der Waals surface area contributed by atoms with Gasteiger partial charge in [0.25, 0.3) is 5.91 Å². The van der Waals surface area contributed by atoms with Crippen LogP contribution in [0.25, 0.3) is 0 Å². The minimum absolute atomic E-state index is 0.249. The predicted octanol–water partition coefficient (Wildman–Crippen LogP) is 2.82. The van der Waals surface area contributed by atoms with E-state index in [1.807, 2.05) is 0 Å². The lowest BCUT2D eigenvalue weighted by Gasteiger charge is -2.19. The Kier molecular flexibility index (Phi) is 3.44. The van der Waals surface area contributed by atoms with Crippen LogP contribution < -0.4 is 14.8 Å². The van der Waals surface area contributed by atoms with Gasteiger partial charge in [0.1, 0.15) is 19.0 Å². The second-order valence-corrected chi connectivity index (χ2v) is 6.09. The largest absolute Gasteiger partial charge is 0.486 e. The molecule has 23 heavy (non-hydrogen) atoms. The van der Waals surface area contributed by atoms with Crippen LogP contribution in [0.3, 0.4) is 0 Å². The maximum Gasteiger partial charge on any atom is 0.278 e. The monoisotopic (exact) mass is 314 g/mol. The van der Waals surface area contributed by atoms with E-state index in [-0.39, 0.29) is 5.91 Å². The van der Waals surface area contributed by atoms with Gasteiger partial charge in [0.2, 0.25) is 0 Å². The number of hydrogen-bond donors (Lipinski definition) is 1. The lowest BCUT2D eigenvalue weighted by Crippen LogP contribution is -2.18. The Morgan fingerprint density at radius 1 is 1.26 bits per heavy atom. The molecule has 0 radical (unpaired) electrons. The third kappa shape index (κ3) is 2.65. The molecule has 0 fully saturated rings. The van der Waals surface area contributed by atoms with Gasteiger partial charge < -0.3 is 19.3 Å². The molecule has 1 aromatic carbocycles. The number of anilines is 1. The number of carbonyl (C=O) groups excluding carboxylic acids is 1. The van der Waals surface area contributed by atoms with Crippen molar-refractivity contribution >= 4 is 11.6 Å². The van der Waals surface area contributed by atoms with Crippen molar-refractivity contribution in [3.63, 3.8) is 0 Å². The summed E-state index contributed by atoms with van der Waals surface area (Å²) in [7, 11) is 0. The summed E-state index contributed by atoms with van der Waals surface area (Å²) in [6.07, 6.45) is 2.76. The van der Waals surface area contributed by atoms with E-state index < -0.39 is 0 Å². The van der Waals surface area contributed by atoms with Crippen LogP contribution in [-0.2, 0) is 12.8 Å². The highest BCUT2D eigenvalue weighted by atomic mass is 16.6. The average molecular weight is 314 g/mol. The van der Waals surface area contributed by atoms with Crippen molar-refractivity contribution in [2.45, 2.75) is 26.2 Å². The molecule has 1 atom stereocenters. The molecule has 6 heteroatoms. The second kappa shape index (κ2) is 5.61. The van der Waals surface area contributed by atoms with Gasteiger partial charge in [-0.3, -0.25) is 4.79 Å². The van der Waals surface area contributed by atoms with Gasteiger partial charge >= 0.3 is 0 Å². The normalized spacial score (nSPS) is 19.1. The molecule has 4 rings (SSSR count). The zero-order valence-corrected chi connectivity index (χ0v) is 12.9. The standard InChI is InChI=1S/C17H18N2O4/c1-10-2-4-13-12(8-10)16(19-23-13)17(20)18-11-3-5-14-15(9-11)22-7-6-21-14/h3,5,9-10H,2,4,6-8H2,1H3,(H,18,20). The van der Waals surface area contributed by atoms with Gasteiger partial charge in [0.05, 0.1) is 0 Å². The maximum atomic E-state index is 12.5. The van der Waals surface area contributed by atoms with Crippen LogP contribution in [0, 0.1) is 5.92 Å². The lowest BCUT2D eigenvalue weighted by atomic mass is 9.88. The highest BCUT2D eigenvalue weighted by Gasteiger charge is 2.27. The Balaban J connectivity index is 1.55. The Labute approximate surface area is 133 Å². The highest BCUT2D eigenvalue weighted by molar-refractivity contribution is 6.04. The van der Waals surface area contributed by atoms with Gasteiger partial charge in [-0.25, -0.2) is 0 Å². The van der Waals surface area contributed by atoms with E-state index in [1.165, 1.54) is 0 Å². The number of hydrogen-bond acceptors (Lipinski definition) is 5. The summed E-state index contributed by atoms with van der Waals surface area (Å²) in [6.45, 7) is 3.24. The Hall–Kier alpha value is -2.50. The number of benzene rings is 1. The molecule has 2 aromatic rings. The molecular formula is C17H18N2O4. The average Bonchev–Trinajstić information content (AvgIpc) is 2.98. The first-order valence-corrected chi connectivity index (χ1v) is 7.89. The zero-order valence-electron chi connectivity index (χ0n) is 12.9. The fourth-order valence-electron chi connectivity index (χ4n) is 3.07. The summed E-state index contributed by atoms with van der Waals surface area (Å²) >= 11 is 0. The first-order valence-electron chi connectivity index (χ1n) is 7.89. The van der Waals surface area contributed by atoms with Crippen molar-refractivity contribution < 1.29 is 18.8 Å². The molecule has 2 aliphatic rings. The molecule has 0 spiro atoms. The number of fused-ring (bicyclic) bond motifs is 2. The molecule has 0 saturated heterocycles. The number of nitrogens with one attached hydrogen (secondary N) is 1. The molecule has 1 unspecified atom stereocenters. The Morgan fingerprint density at radius 3 is 2.96 bits per heavy atom. The molecule has 0 saturated carbocycles. The number of amides is 1. The number of rotatable bonds is 2. The minimum atomic E-state index is -0.249. The predicted molar refractivity (Wildman–Crippen MR) is 83.1 cm³/mol. The van der Waals surface area contributed by atoms with Crippen LogP contribution in [0.2, 0.25) is 0 Å². The van der Waals surface area contributed by atoms with Crippen LogP contribution >= 0.6 is 0 Å². The van der Waals surface area contributed by atoms with Crippen LogP contribution in [-0.4, -0.2) is 24.3 Å². The SMILES string of the molecule is CC1CCc2onc(C(=O)Nc3ccc4c(c3)OCCO4)c2C1. The summed E-state index contributed by atoms with van der Waals surface area (Å²) in [5, 5.41) is 6.84. The van der Waals surface area contributed by atoms with Crippen molar-refractivity contribution in [2.24, 2.45) is 5.92 Å². The van der Waals surface area contributed by atoms with Crippen molar-refractivity contribution in [3.05, 3.63) is 35.2 Å². The van der Waals surface area contributed by atoms with Crippen LogP contribution in [0.5, 0.6) is 11.5 Å². The number of carbonyl (C=O) groups is 1. The Bertz CT molecular complexity index is 753. The fourth-order valence-corrected chi connectivity index (χ4v) is 3.07. The minimum Gasteiger partial charge on any atom is -0.486 e. The van der Waals surface area contributed by atoms with Crippen LogP contribution in [0.1, 0.15) is 35.2 Å². The molecule has 1 aliphatic heterocycles. The summed E-state index contributed by atoms with van der Waals surface area (Å²) in [4.78, 5) is 12.5. The molecule has 1 N–H and O–H groups in total. The van der Waals surface area contributed by atoms with Crippen molar-refractivity contribution in [1.82, 2.24) is 5.16 Å². The molecule has 2 heterocycles. The molecule has 1 amide bonds. The third-order valence-corrected chi connectivity index (χ3v) is 4.30. The molecule has 1 aliphatic carbocycles. The number of aromatic nitrogens is 1. The Morgan fingerprint density at radius 2 is 2.09 bits per heavy atom. The quantitative estimate of drug-likeness (QED) is 0.922. The first-order chi connectivity index (χ1) is 11.2. The van der Waals surface area contributed by atoms with Gasteiger partial charge in [-0.1, -0.05) is 12.1 Å². The van der Waals surface area contributed by atoms with E-state index in [0.29, 0.717) is 42.0 Å². The summed E-state index contributed by atoms with van der Waals surface area (Å²) in [5.74, 6) is 2.48. The second-order valence-electron chi connectivity index (χ2n) is 6.09. The number of aryl methyl sites for hydroxylation is 1. The van der Waals surface area contributed by atoms with Gasteiger partial charge in [-0.2, -0.15) is 0 Å². The molecule has 120 valence electrons. The van der Waals surface area contributed by atoms with Gasteiger partial charge in [-0.05, 0) is 30.9 Å². The zero-order chi connectivity index (χ0) is 15.8. The molecule has 6 nitrogen and oxygen atoms in total. The van der Waals surface area contributed by atoms with Crippen molar-refractivity contribution in [1.29, 1.82) is 0 Å². The van der Waals surface area contributed by atoms with E-state index in [4.69, 9.17) is 14.0 Å².